The van der Waals surface area contributed by atoms with Crippen molar-refractivity contribution in [3.8, 4) is 5.75 Å². The Morgan fingerprint density at radius 1 is 1.21 bits per heavy atom. The van der Waals surface area contributed by atoms with E-state index in [0.29, 0.717) is 17.3 Å². The Labute approximate surface area is 122 Å². The Kier molecular flexibility index (Phi) is 5.00. The Morgan fingerprint density at radius 2 is 2.00 bits per heavy atom. The lowest BCUT2D eigenvalue weighted by atomic mass is 10.2. The monoisotopic (exact) mass is 293 g/mol. The van der Waals surface area contributed by atoms with Crippen LogP contribution in [0.15, 0.2) is 47.4 Å². The summed E-state index contributed by atoms with van der Waals surface area (Å²) in [4.78, 5) is 1.03. The molecule has 19 heavy (non-hydrogen) atoms. The van der Waals surface area contributed by atoms with Gasteiger partial charge in [-0.05, 0) is 36.8 Å². The van der Waals surface area contributed by atoms with Crippen molar-refractivity contribution in [2.45, 2.75) is 11.8 Å². The van der Waals surface area contributed by atoms with Gasteiger partial charge in [0.15, 0.2) is 0 Å². The lowest BCUT2D eigenvalue weighted by molar-refractivity contribution is 0.341. The van der Waals surface area contributed by atoms with E-state index in [0.717, 1.165) is 22.0 Å². The molecule has 0 aromatic heterocycles. The fourth-order valence-electron chi connectivity index (χ4n) is 1.66. The molecule has 0 atom stereocenters. The van der Waals surface area contributed by atoms with Crippen molar-refractivity contribution in [2.75, 3.05) is 18.1 Å². The van der Waals surface area contributed by atoms with E-state index < -0.39 is 0 Å². The number of halogens is 1. The van der Waals surface area contributed by atoms with Crippen molar-refractivity contribution in [3.05, 3.63) is 53.1 Å². The minimum absolute atomic E-state index is 0.649. The summed E-state index contributed by atoms with van der Waals surface area (Å²) in [5.74, 6) is 1.78. The molecule has 0 unspecified atom stereocenters. The normalized spacial score (nSPS) is 10.4. The summed E-state index contributed by atoms with van der Waals surface area (Å²) in [6.07, 6.45) is 0. The fourth-order valence-corrected chi connectivity index (χ4v) is 2.76. The highest BCUT2D eigenvalue weighted by molar-refractivity contribution is 7.99. The molecule has 100 valence electrons. The molecular formula is C15H16ClNOS. The zero-order chi connectivity index (χ0) is 13.7. The molecule has 0 bridgehead atoms. The van der Waals surface area contributed by atoms with Gasteiger partial charge in [-0.3, -0.25) is 0 Å². The summed E-state index contributed by atoms with van der Waals surface area (Å²) in [6, 6.07) is 13.6. The highest BCUT2D eigenvalue weighted by atomic mass is 35.5. The van der Waals surface area contributed by atoms with Crippen LogP contribution in [-0.4, -0.2) is 12.4 Å². The Hall–Kier alpha value is -1.32. The summed E-state index contributed by atoms with van der Waals surface area (Å²) in [5, 5.41) is 0.695. The van der Waals surface area contributed by atoms with E-state index in [2.05, 4.69) is 0 Å². The van der Waals surface area contributed by atoms with E-state index >= 15 is 0 Å². The molecule has 2 rings (SSSR count). The number of benzene rings is 2. The number of rotatable bonds is 5. The number of hydrogen-bond donors (Lipinski definition) is 1. The van der Waals surface area contributed by atoms with E-state index in [4.69, 9.17) is 22.1 Å². The second-order valence-electron chi connectivity index (χ2n) is 4.15. The van der Waals surface area contributed by atoms with Crippen LogP contribution in [0.4, 0.5) is 5.69 Å². The topological polar surface area (TPSA) is 35.2 Å². The van der Waals surface area contributed by atoms with Gasteiger partial charge in [0, 0.05) is 16.3 Å². The molecule has 2 aromatic rings. The van der Waals surface area contributed by atoms with Crippen LogP contribution in [-0.2, 0) is 0 Å². The average molecular weight is 294 g/mol. The predicted molar refractivity (Wildman–Crippen MR) is 83.3 cm³/mol. The van der Waals surface area contributed by atoms with E-state index in [1.165, 1.54) is 0 Å². The van der Waals surface area contributed by atoms with E-state index in [9.17, 15) is 0 Å². The first-order valence-corrected chi connectivity index (χ1v) is 7.39. The Morgan fingerprint density at radius 3 is 2.74 bits per heavy atom. The molecule has 0 saturated carbocycles. The smallest absolute Gasteiger partial charge is 0.122 e. The van der Waals surface area contributed by atoms with Gasteiger partial charge in [0.05, 0.1) is 11.6 Å². The fraction of sp³-hybridized carbons (Fsp3) is 0.200. The zero-order valence-electron chi connectivity index (χ0n) is 10.7. The summed E-state index contributed by atoms with van der Waals surface area (Å²) >= 11 is 7.78. The number of thioether (sulfide) groups is 1. The van der Waals surface area contributed by atoms with Crippen LogP contribution in [0.2, 0.25) is 5.02 Å². The number of ether oxygens (including phenoxy) is 1. The van der Waals surface area contributed by atoms with Crippen LogP contribution < -0.4 is 10.5 Å². The lowest BCUT2D eigenvalue weighted by Crippen LogP contribution is -2.01. The summed E-state index contributed by atoms with van der Waals surface area (Å²) in [6.45, 7) is 2.69. The van der Waals surface area contributed by atoms with Crippen LogP contribution >= 0.6 is 23.4 Å². The molecule has 0 saturated heterocycles. The third-order valence-corrected chi connectivity index (χ3v) is 4.11. The second kappa shape index (κ2) is 6.73. The van der Waals surface area contributed by atoms with Crippen molar-refractivity contribution in [3.63, 3.8) is 0 Å². The van der Waals surface area contributed by atoms with Gasteiger partial charge in [-0.25, -0.2) is 0 Å². The molecule has 4 heteroatoms. The third kappa shape index (κ3) is 4.08. The third-order valence-electron chi connectivity index (χ3n) is 2.65. The number of aryl methyl sites for hydroxylation is 1. The molecule has 0 spiro atoms. The molecule has 0 amide bonds. The highest BCUT2D eigenvalue weighted by Crippen LogP contribution is 2.28. The molecular weight excluding hydrogens is 278 g/mol. The van der Waals surface area contributed by atoms with Gasteiger partial charge < -0.3 is 10.5 Å². The van der Waals surface area contributed by atoms with Crippen molar-refractivity contribution >= 4 is 29.1 Å². The quantitative estimate of drug-likeness (QED) is 0.504. The van der Waals surface area contributed by atoms with E-state index in [1.807, 2.05) is 43.3 Å². The molecule has 0 aliphatic heterocycles. The van der Waals surface area contributed by atoms with Gasteiger partial charge in [-0.1, -0.05) is 29.8 Å². The number of para-hydroxylation sites is 1. The molecule has 2 nitrogen and oxygen atoms in total. The second-order valence-corrected chi connectivity index (χ2v) is 5.70. The van der Waals surface area contributed by atoms with Crippen LogP contribution in [0.5, 0.6) is 5.75 Å². The molecule has 0 aliphatic rings. The van der Waals surface area contributed by atoms with E-state index in [1.54, 1.807) is 17.8 Å². The minimum atomic E-state index is 0.649. The van der Waals surface area contributed by atoms with Gasteiger partial charge in [-0.15, -0.1) is 11.8 Å². The number of anilines is 1. The lowest BCUT2D eigenvalue weighted by Gasteiger charge is -2.09. The van der Waals surface area contributed by atoms with Gasteiger partial charge in [0.1, 0.15) is 5.75 Å². The van der Waals surface area contributed by atoms with Crippen molar-refractivity contribution in [2.24, 2.45) is 0 Å². The van der Waals surface area contributed by atoms with Crippen LogP contribution in [0.1, 0.15) is 5.56 Å². The minimum Gasteiger partial charge on any atom is -0.492 e. The first kappa shape index (κ1) is 14.1. The van der Waals surface area contributed by atoms with Gasteiger partial charge in [-0.2, -0.15) is 0 Å². The summed E-state index contributed by atoms with van der Waals surface area (Å²) < 4.78 is 5.73. The molecule has 0 fully saturated rings. The van der Waals surface area contributed by atoms with Crippen molar-refractivity contribution in [1.82, 2.24) is 0 Å². The van der Waals surface area contributed by atoms with Crippen molar-refractivity contribution < 1.29 is 4.74 Å². The SMILES string of the molecule is Cc1ccccc1OCCSc1ccc(N)cc1Cl. The first-order chi connectivity index (χ1) is 9.16. The first-order valence-electron chi connectivity index (χ1n) is 6.03. The molecule has 2 N–H and O–H groups in total. The van der Waals surface area contributed by atoms with Crippen LogP contribution in [0.3, 0.4) is 0 Å². The summed E-state index contributed by atoms with van der Waals surface area (Å²) in [7, 11) is 0. The Balaban J connectivity index is 1.83. The maximum absolute atomic E-state index is 6.11. The number of nitrogen functional groups attached to an aromatic ring is 1. The largest absolute Gasteiger partial charge is 0.492 e. The molecule has 0 aliphatic carbocycles. The predicted octanol–water partition coefficient (Wildman–Crippen LogP) is 4.40. The average Bonchev–Trinajstić information content (AvgIpc) is 2.38. The maximum atomic E-state index is 6.11. The molecule has 0 radical (unpaired) electrons. The number of hydrogen-bond acceptors (Lipinski definition) is 3. The molecule has 2 aromatic carbocycles. The van der Waals surface area contributed by atoms with Crippen LogP contribution in [0, 0.1) is 6.92 Å². The zero-order valence-corrected chi connectivity index (χ0v) is 12.3. The van der Waals surface area contributed by atoms with Crippen molar-refractivity contribution in [1.29, 1.82) is 0 Å². The molecule has 0 heterocycles. The standard InChI is InChI=1S/C15H16ClNOS/c1-11-4-2-3-5-14(11)18-8-9-19-15-7-6-12(17)10-13(15)16/h2-7,10H,8-9,17H2,1H3. The van der Waals surface area contributed by atoms with Gasteiger partial charge in [0.25, 0.3) is 0 Å². The highest BCUT2D eigenvalue weighted by Gasteiger charge is 2.02. The van der Waals surface area contributed by atoms with Gasteiger partial charge >= 0.3 is 0 Å². The maximum Gasteiger partial charge on any atom is 0.122 e. The van der Waals surface area contributed by atoms with E-state index in [-0.39, 0.29) is 0 Å². The number of nitrogens with two attached hydrogens (primary N) is 1. The Bertz CT molecular complexity index is 560. The van der Waals surface area contributed by atoms with Crippen LogP contribution in [0.25, 0.3) is 0 Å². The van der Waals surface area contributed by atoms with Gasteiger partial charge in [0.2, 0.25) is 0 Å². The summed E-state index contributed by atoms with van der Waals surface area (Å²) in [5.41, 5.74) is 7.49.